The van der Waals surface area contributed by atoms with E-state index in [0.717, 1.165) is 0 Å². The molecule has 0 spiro atoms. The van der Waals surface area contributed by atoms with Crippen LogP contribution in [-0.4, -0.2) is 25.9 Å². The Morgan fingerprint density at radius 2 is 1.96 bits per heavy atom. The van der Waals surface area contributed by atoms with Gasteiger partial charge in [-0.3, -0.25) is 4.79 Å². The lowest BCUT2D eigenvalue weighted by molar-refractivity contribution is 0.102. The zero-order valence-corrected chi connectivity index (χ0v) is 14.4. The van der Waals surface area contributed by atoms with E-state index < -0.39 is 11.7 Å². The highest BCUT2D eigenvalue weighted by Crippen LogP contribution is 2.38. The van der Waals surface area contributed by atoms with Crippen molar-refractivity contribution < 1.29 is 23.0 Å². The fourth-order valence-electron chi connectivity index (χ4n) is 2.00. The summed E-state index contributed by atoms with van der Waals surface area (Å²) in [6, 6.07) is 9.28. The first-order chi connectivity index (χ1) is 11.5. The van der Waals surface area contributed by atoms with Gasteiger partial charge in [0, 0.05) is 0 Å². The molecule has 0 unspecified atom stereocenters. The summed E-state index contributed by atoms with van der Waals surface area (Å²) in [4.78, 5) is 12.6. The summed E-state index contributed by atoms with van der Waals surface area (Å²) in [6.45, 7) is 0. The van der Waals surface area contributed by atoms with Crippen molar-refractivity contribution in [2.24, 2.45) is 0 Å². The first-order valence-corrected chi connectivity index (χ1v) is 7.98. The van der Waals surface area contributed by atoms with Crippen molar-refractivity contribution in [3.63, 3.8) is 0 Å². The Labute approximate surface area is 147 Å². The molecule has 24 heavy (non-hydrogen) atoms. The van der Waals surface area contributed by atoms with Crippen molar-refractivity contribution in [1.29, 1.82) is 0 Å². The van der Waals surface area contributed by atoms with Crippen molar-refractivity contribution in [2.75, 3.05) is 19.5 Å². The number of hydrogen-bond acceptors (Lipinski definition) is 4. The first kappa shape index (κ1) is 18.4. The maximum Gasteiger partial charge on any atom is 0.289 e. The second kappa shape index (κ2) is 8.21. The molecule has 0 saturated carbocycles. The van der Waals surface area contributed by atoms with E-state index in [1.54, 1.807) is 18.2 Å². The van der Waals surface area contributed by atoms with Crippen molar-refractivity contribution >= 4 is 35.0 Å². The largest absolute Gasteiger partial charge is 0.497 e. The number of thioether (sulfide) groups is 1. The number of halogens is 3. The molecular formula is C16H14ClF2NO3S. The van der Waals surface area contributed by atoms with Gasteiger partial charge in [-0.15, -0.1) is 0 Å². The van der Waals surface area contributed by atoms with Gasteiger partial charge in [0.05, 0.1) is 35.4 Å². The highest BCUT2D eigenvalue weighted by Gasteiger charge is 2.18. The molecule has 0 aliphatic rings. The average Bonchev–Trinajstić information content (AvgIpc) is 2.57. The van der Waals surface area contributed by atoms with Gasteiger partial charge in [-0.25, -0.2) is 0 Å². The lowest BCUT2D eigenvalue weighted by Crippen LogP contribution is -2.14. The van der Waals surface area contributed by atoms with Crippen LogP contribution in [0, 0.1) is 0 Å². The van der Waals surface area contributed by atoms with Crippen LogP contribution in [0.4, 0.5) is 14.5 Å². The quantitative estimate of drug-likeness (QED) is 0.730. The Balaban J connectivity index is 2.35. The summed E-state index contributed by atoms with van der Waals surface area (Å²) in [5, 5.41) is 2.72. The number of carbonyl (C=O) groups is 1. The smallest absolute Gasteiger partial charge is 0.289 e. The van der Waals surface area contributed by atoms with Gasteiger partial charge in [-0.2, -0.15) is 8.78 Å². The molecule has 0 bridgehead atoms. The molecule has 1 amide bonds. The van der Waals surface area contributed by atoms with Gasteiger partial charge >= 0.3 is 0 Å². The SMILES string of the molecule is COc1ccc(OC)c(C(=O)Nc2cccc(Cl)c2SC(F)F)c1. The fraction of sp³-hybridized carbons (Fsp3) is 0.188. The molecule has 2 aromatic carbocycles. The standard InChI is InChI=1S/C16H14ClF2NO3S/c1-22-9-6-7-13(23-2)10(8-9)15(21)20-12-5-3-4-11(17)14(12)24-16(18)19/h3-8,16H,1-2H3,(H,20,21). The number of methoxy groups -OCH3 is 2. The van der Waals surface area contributed by atoms with E-state index in [9.17, 15) is 13.6 Å². The van der Waals surface area contributed by atoms with Gasteiger partial charge in [0.15, 0.2) is 0 Å². The molecule has 0 radical (unpaired) electrons. The zero-order chi connectivity index (χ0) is 17.7. The first-order valence-electron chi connectivity index (χ1n) is 6.73. The molecule has 0 fully saturated rings. The third-order valence-electron chi connectivity index (χ3n) is 3.07. The van der Waals surface area contributed by atoms with Gasteiger partial charge in [0.2, 0.25) is 0 Å². The number of nitrogens with one attached hydrogen (secondary N) is 1. The fourth-order valence-corrected chi connectivity index (χ4v) is 2.91. The predicted octanol–water partition coefficient (Wildman–Crippen LogP) is 4.92. The molecule has 2 aromatic rings. The van der Waals surface area contributed by atoms with Gasteiger partial charge in [-0.1, -0.05) is 29.4 Å². The van der Waals surface area contributed by atoms with Crippen molar-refractivity contribution in [1.82, 2.24) is 0 Å². The molecule has 128 valence electrons. The average molecular weight is 374 g/mol. The summed E-state index contributed by atoms with van der Waals surface area (Å²) in [5.41, 5.74) is 0.410. The Kier molecular flexibility index (Phi) is 6.28. The molecule has 0 aliphatic heterocycles. The van der Waals surface area contributed by atoms with Gasteiger partial charge < -0.3 is 14.8 Å². The van der Waals surface area contributed by atoms with Gasteiger partial charge in [0.25, 0.3) is 11.7 Å². The van der Waals surface area contributed by atoms with E-state index >= 15 is 0 Å². The van der Waals surface area contributed by atoms with E-state index in [-0.39, 0.29) is 32.9 Å². The van der Waals surface area contributed by atoms with Crippen LogP contribution in [0.5, 0.6) is 11.5 Å². The molecule has 0 heterocycles. The predicted molar refractivity (Wildman–Crippen MR) is 90.8 cm³/mol. The summed E-state index contributed by atoms with van der Waals surface area (Å²) >= 11 is 6.23. The van der Waals surface area contributed by atoms with Crippen molar-refractivity contribution in [3.8, 4) is 11.5 Å². The number of carbonyl (C=O) groups excluding carboxylic acids is 1. The van der Waals surface area contributed by atoms with Crippen LogP contribution in [0.1, 0.15) is 10.4 Å². The Morgan fingerprint density at radius 1 is 1.21 bits per heavy atom. The highest BCUT2D eigenvalue weighted by atomic mass is 35.5. The second-order valence-corrected chi connectivity index (χ2v) is 5.92. The minimum Gasteiger partial charge on any atom is -0.497 e. The van der Waals surface area contributed by atoms with Crippen LogP contribution in [0.2, 0.25) is 5.02 Å². The van der Waals surface area contributed by atoms with Crippen LogP contribution < -0.4 is 14.8 Å². The zero-order valence-electron chi connectivity index (χ0n) is 12.8. The Hall–Kier alpha value is -1.99. The molecule has 1 N–H and O–H groups in total. The second-order valence-electron chi connectivity index (χ2n) is 4.52. The molecule has 0 atom stereocenters. The van der Waals surface area contributed by atoms with Crippen LogP contribution in [0.25, 0.3) is 0 Å². The van der Waals surface area contributed by atoms with E-state index in [4.69, 9.17) is 21.1 Å². The van der Waals surface area contributed by atoms with Crippen LogP contribution >= 0.6 is 23.4 Å². The topological polar surface area (TPSA) is 47.6 Å². The van der Waals surface area contributed by atoms with Crippen LogP contribution in [0.3, 0.4) is 0 Å². The third kappa shape index (κ3) is 4.30. The van der Waals surface area contributed by atoms with E-state index in [1.165, 1.54) is 32.4 Å². The Morgan fingerprint density at radius 3 is 2.58 bits per heavy atom. The van der Waals surface area contributed by atoms with Gasteiger partial charge in [-0.05, 0) is 30.3 Å². The van der Waals surface area contributed by atoms with Gasteiger partial charge in [0.1, 0.15) is 11.5 Å². The maximum atomic E-state index is 12.7. The number of benzene rings is 2. The minimum atomic E-state index is -2.66. The van der Waals surface area contributed by atoms with E-state index in [0.29, 0.717) is 11.5 Å². The number of amides is 1. The summed E-state index contributed by atoms with van der Waals surface area (Å²) in [7, 11) is 2.90. The summed E-state index contributed by atoms with van der Waals surface area (Å²) in [6.07, 6.45) is 0. The molecule has 0 aliphatic carbocycles. The number of rotatable bonds is 6. The van der Waals surface area contributed by atoms with Crippen LogP contribution in [0.15, 0.2) is 41.3 Å². The summed E-state index contributed by atoms with van der Waals surface area (Å²) in [5.74, 6) is -2.39. The number of hydrogen-bond donors (Lipinski definition) is 1. The maximum absolute atomic E-state index is 12.7. The monoisotopic (exact) mass is 373 g/mol. The molecule has 8 heteroatoms. The molecule has 0 saturated heterocycles. The minimum absolute atomic E-state index is 0.101. The number of alkyl halides is 2. The molecule has 4 nitrogen and oxygen atoms in total. The Bertz CT molecular complexity index is 743. The highest BCUT2D eigenvalue weighted by molar-refractivity contribution is 7.99. The molecule has 2 rings (SSSR count). The third-order valence-corrected chi connectivity index (χ3v) is 4.35. The van der Waals surface area contributed by atoms with E-state index in [1.807, 2.05) is 0 Å². The number of anilines is 1. The van der Waals surface area contributed by atoms with Crippen LogP contribution in [-0.2, 0) is 0 Å². The molecular weight excluding hydrogens is 360 g/mol. The van der Waals surface area contributed by atoms with Crippen molar-refractivity contribution in [2.45, 2.75) is 10.7 Å². The summed E-state index contributed by atoms with van der Waals surface area (Å²) < 4.78 is 35.7. The lowest BCUT2D eigenvalue weighted by atomic mass is 10.1. The lowest BCUT2D eigenvalue weighted by Gasteiger charge is -2.14. The number of ether oxygens (including phenoxy) is 2. The normalized spacial score (nSPS) is 10.6. The van der Waals surface area contributed by atoms with E-state index in [2.05, 4.69) is 5.32 Å². The molecule has 0 aromatic heterocycles. The van der Waals surface area contributed by atoms with Crippen molar-refractivity contribution in [3.05, 3.63) is 47.0 Å².